The van der Waals surface area contributed by atoms with Gasteiger partial charge in [0.15, 0.2) is 0 Å². The number of carbonyl (C=O) groups is 1. The Morgan fingerprint density at radius 1 is 0.589 bits per heavy atom. The number of benzene rings is 1. The Kier molecular flexibility index (Phi) is 19.0. The van der Waals surface area contributed by atoms with Crippen LogP contribution in [0.15, 0.2) is 30.4 Å². The van der Waals surface area contributed by atoms with Crippen LogP contribution in [0.25, 0.3) is 0 Å². The van der Waals surface area contributed by atoms with Gasteiger partial charge in [0, 0.05) is 18.4 Å². The summed E-state index contributed by atoms with van der Waals surface area (Å²) in [6, 6.07) is 3.07. The molecule has 3 nitrogen and oxygen atoms in total. The molecule has 0 aromatic heterocycles. The topological polar surface area (TPSA) is 46.5 Å². The smallest absolute Gasteiger partial charge is 0.426 e. The van der Waals surface area contributed by atoms with Crippen molar-refractivity contribution in [3.8, 4) is 5.75 Å². The molecule has 326 valence electrons. The van der Waals surface area contributed by atoms with Crippen molar-refractivity contribution < 1.29 is 89.3 Å². The molecule has 0 fully saturated rings. The van der Waals surface area contributed by atoms with Crippen molar-refractivity contribution in [3.63, 3.8) is 0 Å². The third kappa shape index (κ3) is 12.1. The summed E-state index contributed by atoms with van der Waals surface area (Å²) >= 11 is 0. The standard InChI is InChI=1S/C36H45F17O3/c1-2-3-4-5-6-7-8-9-10-11-12-13-14-15-16-19-28(55)56-27-21-20-25(23-26(27)24-54)18-17-22-29(37,38)30(39,40)31(41,42)32(43,44)33(45,46)34(47,48)35(49,50)36(51,52)53/h9-10,20-21,23,54H,2-8,11-19,22,24H2,1H3/b10-9-. The highest BCUT2D eigenvalue weighted by molar-refractivity contribution is 5.72. The molecule has 0 aliphatic rings. The number of rotatable bonds is 27. The van der Waals surface area contributed by atoms with Gasteiger partial charge in [0.25, 0.3) is 0 Å². The number of aliphatic hydroxyl groups excluding tert-OH is 1. The molecule has 0 amide bonds. The fourth-order valence-electron chi connectivity index (χ4n) is 5.39. The number of alkyl halides is 17. The highest BCUT2D eigenvalue weighted by Gasteiger charge is 2.95. The molecule has 0 heterocycles. The van der Waals surface area contributed by atoms with Crippen LogP contribution in [0.5, 0.6) is 5.75 Å². The minimum absolute atomic E-state index is 0.0217. The fourth-order valence-corrected chi connectivity index (χ4v) is 5.39. The van der Waals surface area contributed by atoms with Crippen LogP contribution < -0.4 is 4.74 Å². The van der Waals surface area contributed by atoms with Crippen molar-refractivity contribution in [1.82, 2.24) is 0 Å². The number of ether oxygens (including phenoxy) is 1. The Balaban J connectivity index is 2.74. The number of allylic oxidation sites excluding steroid dienone is 2. The molecule has 20 heteroatoms. The van der Waals surface area contributed by atoms with E-state index in [0.29, 0.717) is 12.8 Å². The molecule has 0 aliphatic carbocycles. The number of carbonyl (C=O) groups excluding carboxylic acids is 1. The summed E-state index contributed by atoms with van der Waals surface area (Å²) in [6.07, 6.45) is 5.05. The molecule has 0 radical (unpaired) electrons. The summed E-state index contributed by atoms with van der Waals surface area (Å²) in [5.41, 5.74) is -0.287. The maximum absolute atomic E-state index is 14.3. The van der Waals surface area contributed by atoms with E-state index in [-0.39, 0.29) is 23.3 Å². The molecule has 0 saturated carbocycles. The number of hydrogen-bond acceptors (Lipinski definition) is 3. The molecule has 0 spiro atoms. The van der Waals surface area contributed by atoms with E-state index in [2.05, 4.69) is 19.1 Å². The number of hydrogen-bond donors (Lipinski definition) is 1. The number of esters is 1. The zero-order valence-corrected chi connectivity index (χ0v) is 30.3. The first kappa shape index (κ1) is 51.2. The molecular weight excluding hydrogens is 803 g/mol. The summed E-state index contributed by atoms with van der Waals surface area (Å²) in [7, 11) is 0. The van der Waals surface area contributed by atoms with Gasteiger partial charge in [0.2, 0.25) is 0 Å². The van der Waals surface area contributed by atoms with Crippen LogP contribution in [0.1, 0.15) is 121 Å². The van der Waals surface area contributed by atoms with Crippen molar-refractivity contribution in [2.75, 3.05) is 0 Å². The third-order valence-electron chi connectivity index (χ3n) is 8.91. The number of aryl methyl sites for hydroxylation is 1. The summed E-state index contributed by atoms with van der Waals surface area (Å²) < 4.78 is 235. The molecule has 56 heavy (non-hydrogen) atoms. The zero-order chi connectivity index (χ0) is 43.3. The molecule has 0 bridgehead atoms. The molecule has 1 N–H and O–H groups in total. The second-order valence-corrected chi connectivity index (χ2v) is 13.4. The highest BCUT2D eigenvalue weighted by atomic mass is 19.4. The van der Waals surface area contributed by atoms with Crippen LogP contribution in [0.2, 0.25) is 0 Å². The van der Waals surface area contributed by atoms with Crippen LogP contribution in [0.4, 0.5) is 74.6 Å². The van der Waals surface area contributed by atoms with Gasteiger partial charge >= 0.3 is 53.6 Å². The zero-order valence-electron chi connectivity index (χ0n) is 30.3. The molecule has 0 saturated heterocycles. The first-order chi connectivity index (χ1) is 25.6. The predicted octanol–water partition coefficient (Wildman–Crippen LogP) is 13.5. The molecule has 0 aliphatic heterocycles. The number of halogens is 17. The summed E-state index contributed by atoms with van der Waals surface area (Å²) in [4.78, 5) is 12.3. The van der Waals surface area contributed by atoms with Crippen molar-refractivity contribution in [2.24, 2.45) is 0 Å². The second-order valence-electron chi connectivity index (χ2n) is 13.4. The normalized spacial score (nSPS) is 14.2. The van der Waals surface area contributed by atoms with Gasteiger partial charge in [-0.15, -0.1) is 0 Å². The molecule has 1 aromatic rings. The maximum Gasteiger partial charge on any atom is 0.460 e. The Morgan fingerprint density at radius 3 is 1.52 bits per heavy atom. The third-order valence-corrected chi connectivity index (χ3v) is 8.91. The highest BCUT2D eigenvalue weighted by Crippen LogP contribution is 2.64. The van der Waals surface area contributed by atoms with Crippen LogP contribution in [0, 0.1) is 0 Å². The largest absolute Gasteiger partial charge is 0.460 e. The second kappa shape index (κ2) is 20.8. The Morgan fingerprint density at radius 2 is 1.04 bits per heavy atom. The lowest BCUT2D eigenvalue weighted by molar-refractivity contribution is -0.461. The fraction of sp³-hybridized carbons (Fsp3) is 0.750. The molecule has 0 unspecified atom stereocenters. The van der Waals surface area contributed by atoms with Crippen molar-refractivity contribution >= 4 is 5.97 Å². The minimum atomic E-state index is -8.67. The van der Waals surface area contributed by atoms with E-state index < -0.39 is 79.5 Å². The monoisotopic (exact) mass is 848 g/mol. The van der Waals surface area contributed by atoms with Gasteiger partial charge in [-0.1, -0.05) is 76.5 Å². The van der Waals surface area contributed by atoms with E-state index >= 15 is 0 Å². The summed E-state index contributed by atoms with van der Waals surface area (Å²) in [5, 5.41) is 9.62. The average molecular weight is 849 g/mol. The summed E-state index contributed by atoms with van der Waals surface area (Å²) in [5.74, 6) is -57.5. The minimum Gasteiger partial charge on any atom is -0.426 e. The average Bonchev–Trinajstić information content (AvgIpc) is 3.09. The van der Waals surface area contributed by atoms with Gasteiger partial charge < -0.3 is 9.84 Å². The van der Waals surface area contributed by atoms with Gasteiger partial charge in [-0.05, 0) is 62.6 Å². The SMILES string of the molecule is CCCCCCCC/C=C\CCCCCCCC(=O)Oc1ccc(CCCC(F)(F)C(F)(F)C(F)(F)C(F)(F)C(F)(F)C(F)(F)C(F)(F)C(F)(F)F)cc1CO. The Labute approximate surface area is 313 Å². The first-order valence-electron chi connectivity index (χ1n) is 17.9. The lowest BCUT2D eigenvalue weighted by Gasteiger charge is -2.42. The van der Waals surface area contributed by atoms with Crippen LogP contribution in [-0.4, -0.2) is 58.7 Å². The summed E-state index contributed by atoms with van der Waals surface area (Å²) in [6.45, 7) is 1.33. The lowest BCUT2D eigenvalue weighted by atomic mass is 9.87. The van der Waals surface area contributed by atoms with E-state index in [1.165, 1.54) is 38.5 Å². The Hall–Kier alpha value is -2.80. The van der Waals surface area contributed by atoms with E-state index in [0.717, 1.165) is 50.3 Å². The quantitative estimate of drug-likeness (QED) is 0.0315. The van der Waals surface area contributed by atoms with Gasteiger partial charge in [-0.3, -0.25) is 4.79 Å². The van der Waals surface area contributed by atoms with E-state index in [1.807, 2.05) is 0 Å². The number of aliphatic hydroxyl groups is 1. The van der Waals surface area contributed by atoms with Gasteiger partial charge in [0.05, 0.1) is 6.61 Å². The predicted molar refractivity (Wildman–Crippen MR) is 171 cm³/mol. The van der Waals surface area contributed by atoms with E-state index in [1.54, 1.807) is 0 Å². The molecule has 1 rings (SSSR count). The van der Waals surface area contributed by atoms with Gasteiger partial charge in [-0.25, -0.2) is 0 Å². The van der Waals surface area contributed by atoms with Crippen molar-refractivity contribution in [3.05, 3.63) is 41.5 Å². The molecule has 1 aromatic carbocycles. The van der Waals surface area contributed by atoms with Crippen molar-refractivity contribution in [2.45, 2.75) is 170 Å². The van der Waals surface area contributed by atoms with E-state index in [4.69, 9.17) is 4.74 Å². The first-order valence-corrected chi connectivity index (χ1v) is 17.9. The van der Waals surface area contributed by atoms with Crippen LogP contribution in [-0.2, 0) is 17.8 Å². The van der Waals surface area contributed by atoms with Crippen molar-refractivity contribution in [1.29, 1.82) is 0 Å². The van der Waals surface area contributed by atoms with E-state index in [9.17, 15) is 84.5 Å². The molecular formula is C36H45F17O3. The molecule has 0 atom stereocenters. The van der Waals surface area contributed by atoms with Crippen LogP contribution in [0.3, 0.4) is 0 Å². The van der Waals surface area contributed by atoms with Gasteiger partial charge in [-0.2, -0.15) is 74.6 Å². The Bertz CT molecular complexity index is 1370. The van der Waals surface area contributed by atoms with Gasteiger partial charge in [0.1, 0.15) is 5.75 Å². The van der Waals surface area contributed by atoms with Crippen LogP contribution >= 0.6 is 0 Å². The number of unbranched alkanes of at least 4 members (excludes halogenated alkanes) is 11. The maximum atomic E-state index is 14.3. The lowest BCUT2D eigenvalue weighted by Crippen LogP contribution is -2.74.